The van der Waals surface area contributed by atoms with Crippen LogP contribution in [0.2, 0.25) is 0 Å². The Morgan fingerprint density at radius 2 is 1.84 bits per heavy atom. The number of nitrogens with zero attached hydrogens (tertiary/aromatic N) is 2. The quantitative estimate of drug-likeness (QED) is 0.622. The predicted octanol–water partition coefficient (Wildman–Crippen LogP) is 1.01. The molecule has 1 fully saturated rings. The van der Waals surface area contributed by atoms with Crippen LogP contribution in [0.3, 0.4) is 0 Å². The molecule has 1 saturated carbocycles. The van der Waals surface area contributed by atoms with E-state index in [1.807, 2.05) is 0 Å². The van der Waals surface area contributed by atoms with Crippen LogP contribution in [-0.2, 0) is 0 Å². The minimum absolute atomic E-state index is 0.0962. The zero-order valence-electron chi connectivity index (χ0n) is 13.4. The zero-order chi connectivity index (χ0) is 14.5. The highest BCUT2D eigenvalue weighted by Crippen LogP contribution is 2.40. The van der Waals surface area contributed by atoms with Gasteiger partial charge >= 0.3 is 0 Å². The molecule has 0 aromatic heterocycles. The van der Waals surface area contributed by atoms with Gasteiger partial charge in [-0.15, -0.1) is 0 Å². The fourth-order valence-electron chi connectivity index (χ4n) is 2.95. The maximum atomic E-state index is 9.90. The van der Waals surface area contributed by atoms with Crippen LogP contribution in [0, 0.1) is 5.92 Å². The Morgan fingerprint density at radius 3 is 2.26 bits per heavy atom. The summed E-state index contributed by atoms with van der Waals surface area (Å²) < 4.78 is 0. The van der Waals surface area contributed by atoms with Crippen molar-refractivity contribution < 1.29 is 5.11 Å². The number of aliphatic hydroxyl groups is 1. The topological polar surface area (TPSA) is 38.7 Å². The van der Waals surface area contributed by atoms with E-state index in [0.717, 1.165) is 19.6 Å². The Balaban J connectivity index is 2.47. The zero-order valence-corrected chi connectivity index (χ0v) is 13.4. The SMILES string of the molecule is CC(C)NC(CO)(CN(C)CCCN(C)C)C1CC1. The fraction of sp³-hybridized carbons (Fsp3) is 1.00. The Morgan fingerprint density at radius 1 is 1.21 bits per heavy atom. The van der Waals surface area contributed by atoms with Gasteiger partial charge in [-0.05, 0) is 59.4 Å². The molecule has 0 spiro atoms. The lowest BCUT2D eigenvalue weighted by Gasteiger charge is -2.39. The van der Waals surface area contributed by atoms with Crippen molar-refractivity contribution in [2.45, 2.75) is 44.7 Å². The molecule has 114 valence electrons. The number of nitrogens with one attached hydrogen (secondary N) is 1. The Labute approximate surface area is 119 Å². The highest BCUT2D eigenvalue weighted by atomic mass is 16.3. The van der Waals surface area contributed by atoms with Gasteiger partial charge in [0.1, 0.15) is 0 Å². The molecule has 4 heteroatoms. The molecule has 0 radical (unpaired) electrons. The highest BCUT2D eigenvalue weighted by molar-refractivity contribution is 5.03. The van der Waals surface area contributed by atoms with Gasteiger partial charge in [0.15, 0.2) is 0 Å². The summed E-state index contributed by atoms with van der Waals surface area (Å²) in [6.07, 6.45) is 3.69. The maximum absolute atomic E-state index is 9.90. The summed E-state index contributed by atoms with van der Waals surface area (Å²) in [5.41, 5.74) is -0.0962. The van der Waals surface area contributed by atoms with Crippen molar-refractivity contribution in [3.63, 3.8) is 0 Å². The van der Waals surface area contributed by atoms with Crippen LogP contribution in [0.4, 0.5) is 0 Å². The smallest absolute Gasteiger partial charge is 0.0628 e. The van der Waals surface area contributed by atoms with E-state index in [4.69, 9.17) is 0 Å². The van der Waals surface area contributed by atoms with Crippen molar-refractivity contribution >= 4 is 0 Å². The third-order valence-corrected chi connectivity index (χ3v) is 3.91. The molecular weight excluding hydrogens is 238 g/mol. The van der Waals surface area contributed by atoms with E-state index in [1.54, 1.807) is 0 Å². The Bertz CT molecular complexity index is 254. The van der Waals surface area contributed by atoms with Crippen LogP contribution in [0.15, 0.2) is 0 Å². The van der Waals surface area contributed by atoms with Crippen molar-refractivity contribution in [1.82, 2.24) is 15.1 Å². The predicted molar refractivity (Wildman–Crippen MR) is 81.5 cm³/mol. The van der Waals surface area contributed by atoms with Crippen LogP contribution in [-0.4, -0.2) is 73.9 Å². The molecule has 1 atom stereocenters. The second-order valence-corrected chi connectivity index (χ2v) is 6.78. The standard InChI is InChI=1S/C15H33N3O/c1-13(2)16-15(12-19,14-7-8-14)11-18(5)10-6-9-17(3)4/h13-14,16,19H,6-12H2,1-5H3. The molecule has 1 rings (SSSR count). The molecule has 1 aliphatic rings. The molecule has 0 bridgehead atoms. The average molecular weight is 271 g/mol. The molecule has 0 saturated heterocycles. The van der Waals surface area contributed by atoms with Gasteiger partial charge in [0, 0.05) is 12.6 Å². The lowest BCUT2D eigenvalue weighted by Crippen LogP contribution is -2.59. The van der Waals surface area contributed by atoms with Crippen molar-refractivity contribution in [2.75, 3.05) is 47.4 Å². The summed E-state index contributed by atoms with van der Waals surface area (Å²) in [5, 5.41) is 13.5. The van der Waals surface area contributed by atoms with Gasteiger partial charge in [0.05, 0.1) is 12.1 Å². The van der Waals surface area contributed by atoms with Gasteiger partial charge in [0.2, 0.25) is 0 Å². The molecule has 0 aromatic rings. The highest BCUT2D eigenvalue weighted by Gasteiger charge is 2.45. The number of hydrogen-bond acceptors (Lipinski definition) is 4. The van der Waals surface area contributed by atoms with Crippen LogP contribution in [0.1, 0.15) is 33.1 Å². The first-order valence-electron chi connectivity index (χ1n) is 7.61. The lowest BCUT2D eigenvalue weighted by atomic mass is 9.92. The van der Waals surface area contributed by atoms with Gasteiger partial charge in [-0.2, -0.15) is 0 Å². The molecule has 1 unspecified atom stereocenters. The van der Waals surface area contributed by atoms with Crippen LogP contribution >= 0.6 is 0 Å². The van der Waals surface area contributed by atoms with E-state index in [1.165, 1.54) is 19.3 Å². The summed E-state index contributed by atoms with van der Waals surface area (Å²) in [6.45, 7) is 7.73. The molecule has 0 aromatic carbocycles. The monoisotopic (exact) mass is 271 g/mol. The van der Waals surface area contributed by atoms with E-state index in [-0.39, 0.29) is 12.1 Å². The minimum atomic E-state index is -0.0962. The Hall–Kier alpha value is -0.160. The van der Waals surface area contributed by atoms with Crippen molar-refractivity contribution in [2.24, 2.45) is 5.92 Å². The molecule has 4 nitrogen and oxygen atoms in total. The second-order valence-electron chi connectivity index (χ2n) is 6.78. The van der Waals surface area contributed by atoms with Crippen molar-refractivity contribution in [3.05, 3.63) is 0 Å². The normalized spacial score (nSPS) is 19.4. The largest absolute Gasteiger partial charge is 0.394 e. The molecule has 2 N–H and O–H groups in total. The lowest BCUT2D eigenvalue weighted by molar-refractivity contribution is 0.0921. The summed E-state index contributed by atoms with van der Waals surface area (Å²) >= 11 is 0. The number of rotatable bonds is 10. The first kappa shape index (κ1) is 16.9. The van der Waals surface area contributed by atoms with Gasteiger partial charge in [-0.25, -0.2) is 0 Å². The number of likely N-dealkylation sites (N-methyl/N-ethyl adjacent to an activating group) is 1. The van der Waals surface area contributed by atoms with Gasteiger partial charge in [-0.3, -0.25) is 0 Å². The van der Waals surface area contributed by atoms with Gasteiger partial charge in [-0.1, -0.05) is 13.8 Å². The molecule has 19 heavy (non-hydrogen) atoms. The van der Waals surface area contributed by atoms with E-state index in [9.17, 15) is 5.11 Å². The average Bonchev–Trinajstić information content (AvgIpc) is 3.10. The minimum Gasteiger partial charge on any atom is -0.394 e. The summed E-state index contributed by atoms with van der Waals surface area (Å²) in [7, 11) is 6.40. The van der Waals surface area contributed by atoms with E-state index >= 15 is 0 Å². The Kier molecular flexibility index (Phi) is 6.74. The molecule has 0 heterocycles. The summed E-state index contributed by atoms with van der Waals surface area (Å²) in [5.74, 6) is 0.649. The summed E-state index contributed by atoms with van der Waals surface area (Å²) in [4.78, 5) is 4.59. The molecular formula is C15H33N3O. The third kappa shape index (κ3) is 5.78. The van der Waals surface area contributed by atoms with E-state index in [0.29, 0.717) is 12.0 Å². The van der Waals surface area contributed by atoms with Crippen LogP contribution < -0.4 is 5.32 Å². The first-order valence-corrected chi connectivity index (χ1v) is 7.61. The van der Waals surface area contributed by atoms with E-state index < -0.39 is 0 Å². The van der Waals surface area contributed by atoms with Crippen LogP contribution in [0.5, 0.6) is 0 Å². The molecule has 1 aliphatic carbocycles. The van der Waals surface area contributed by atoms with Crippen LogP contribution in [0.25, 0.3) is 0 Å². The summed E-state index contributed by atoms with van der Waals surface area (Å²) in [6, 6.07) is 0.419. The fourth-order valence-corrected chi connectivity index (χ4v) is 2.95. The van der Waals surface area contributed by atoms with Gasteiger partial charge < -0.3 is 20.2 Å². The van der Waals surface area contributed by atoms with Gasteiger partial charge in [0.25, 0.3) is 0 Å². The van der Waals surface area contributed by atoms with E-state index in [2.05, 4.69) is 50.1 Å². The van der Waals surface area contributed by atoms with Crippen molar-refractivity contribution in [3.8, 4) is 0 Å². The third-order valence-electron chi connectivity index (χ3n) is 3.91. The number of hydrogen-bond donors (Lipinski definition) is 2. The molecule has 0 amide bonds. The van der Waals surface area contributed by atoms with Crippen molar-refractivity contribution in [1.29, 1.82) is 0 Å². The second kappa shape index (κ2) is 7.58. The molecule has 0 aliphatic heterocycles. The number of aliphatic hydroxyl groups excluding tert-OH is 1. The first-order chi connectivity index (χ1) is 8.89. The maximum Gasteiger partial charge on any atom is 0.0628 e.